The van der Waals surface area contributed by atoms with Gasteiger partial charge in [-0.05, 0) is 49.6 Å². The molecule has 3 N–H and O–H groups in total. The minimum atomic E-state index is 0. The summed E-state index contributed by atoms with van der Waals surface area (Å²) in [7, 11) is 0. The lowest BCUT2D eigenvalue weighted by Gasteiger charge is -2.25. The highest BCUT2D eigenvalue weighted by Crippen LogP contribution is 2.35. The van der Waals surface area contributed by atoms with E-state index in [1.165, 1.54) is 5.56 Å². The van der Waals surface area contributed by atoms with Crippen molar-refractivity contribution in [1.29, 1.82) is 0 Å². The second-order valence-corrected chi connectivity index (χ2v) is 5.25. The van der Waals surface area contributed by atoms with Crippen LogP contribution in [0.3, 0.4) is 0 Å². The van der Waals surface area contributed by atoms with E-state index in [0.29, 0.717) is 6.04 Å². The Morgan fingerprint density at radius 2 is 1.81 bits per heavy atom. The van der Waals surface area contributed by atoms with Crippen LogP contribution in [0.4, 0.5) is 0 Å². The van der Waals surface area contributed by atoms with Gasteiger partial charge in [0.05, 0.1) is 8.95 Å². The van der Waals surface area contributed by atoms with E-state index < -0.39 is 0 Å². The highest BCUT2D eigenvalue weighted by molar-refractivity contribution is 9.11. The van der Waals surface area contributed by atoms with E-state index >= 15 is 0 Å². The average molecular weight is 372 g/mol. The van der Waals surface area contributed by atoms with Crippen molar-refractivity contribution in [3.8, 4) is 5.75 Å². The molecule has 1 saturated heterocycles. The molecule has 0 amide bonds. The summed E-state index contributed by atoms with van der Waals surface area (Å²) in [5.74, 6) is 0.252. The Kier molecular flexibility index (Phi) is 5.53. The molecular formula is C10H13Br2ClN2O. The molecule has 1 fully saturated rings. The highest BCUT2D eigenvalue weighted by atomic mass is 79.9. The predicted octanol–water partition coefficient (Wildman–Crippen LogP) is 2.57. The number of halogens is 3. The predicted molar refractivity (Wildman–Crippen MR) is 74.4 cm³/mol. The summed E-state index contributed by atoms with van der Waals surface area (Å²) < 4.78 is 1.44. The average Bonchev–Trinajstić information content (AvgIpc) is 2.26. The second kappa shape index (κ2) is 6.21. The van der Waals surface area contributed by atoms with E-state index in [9.17, 15) is 5.11 Å². The van der Waals surface area contributed by atoms with Gasteiger partial charge in [-0.2, -0.15) is 0 Å². The fraction of sp³-hybridized carbons (Fsp3) is 0.400. The molecule has 0 bridgehead atoms. The molecule has 0 radical (unpaired) electrons. The SMILES string of the molecule is Cl.Oc1c(Br)cc([C@H]2CNCCN2)cc1Br. The molecule has 0 aromatic heterocycles. The molecule has 1 heterocycles. The van der Waals surface area contributed by atoms with Crippen LogP contribution in [0.25, 0.3) is 0 Å². The Bertz CT molecular complexity index is 347. The number of phenolic OH excluding ortho intramolecular Hbond substituents is 1. The maximum absolute atomic E-state index is 9.60. The van der Waals surface area contributed by atoms with E-state index in [2.05, 4.69) is 42.5 Å². The van der Waals surface area contributed by atoms with E-state index in [4.69, 9.17) is 0 Å². The van der Waals surface area contributed by atoms with Gasteiger partial charge in [0.1, 0.15) is 5.75 Å². The first-order valence-corrected chi connectivity index (χ1v) is 6.39. The monoisotopic (exact) mass is 370 g/mol. The molecule has 1 aliphatic rings. The van der Waals surface area contributed by atoms with Crippen LogP contribution >= 0.6 is 44.3 Å². The van der Waals surface area contributed by atoms with Crippen molar-refractivity contribution in [3.63, 3.8) is 0 Å². The maximum Gasteiger partial charge on any atom is 0.143 e. The van der Waals surface area contributed by atoms with Crippen LogP contribution in [0, 0.1) is 0 Å². The van der Waals surface area contributed by atoms with Gasteiger partial charge in [0, 0.05) is 25.7 Å². The molecule has 0 aliphatic carbocycles. The van der Waals surface area contributed by atoms with Crippen LogP contribution in [0.15, 0.2) is 21.1 Å². The highest BCUT2D eigenvalue weighted by Gasteiger charge is 2.16. The topological polar surface area (TPSA) is 44.3 Å². The zero-order valence-electron chi connectivity index (χ0n) is 8.46. The third kappa shape index (κ3) is 3.11. The van der Waals surface area contributed by atoms with Gasteiger partial charge < -0.3 is 15.7 Å². The molecule has 1 aliphatic heterocycles. The number of aromatic hydroxyl groups is 1. The standard InChI is InChI=1S/C10H12Br2N2O.ClH/c11-7-3-6(4-8(12)10(7)15)9-5-13-1-2-14-9;/h3-4,9,13-15H,1-2,5H2;1H/t9-;/m1./s1. The lowest BCUT2D eigenvalue weighted by molar-refractivity contribution is 0.428. The first kappa shape index (κ1) is 14.3. The first-order valence-electron chi connectivity index (χ1n) is 4.80. The summed E-state index contributed by atoms with van der Waals surface area (Å²) in [6.07, 6.45) is 0. The third-order valence-electron chi connectivity index (χ3n) is 2.48. The number of nitrogens with one attached hydrogen (secondary N) is 2. The minimum Gasteiger partial charge on any atom is -0.506 e. The van der Waals surface area contributed by atoms with Gasteiger partial charge in [0.15, 0.2) is 0 Å². The van der Waals surface area contributed by atoms with Crippen molar-refractivity contribution in [2.24, 2.45) is 0 Å². The number of rotatable bonds is 1. The summed E-state index contributed by atoms with van der Waals surface area (Å²) in [4.78, 5) is 0. The lowest BCUT2D eigenvalue weighted by Crippen LogP contribution is -2.42. The molecular weight excluding hydrogens is 359 g/mol. The van der Waals surface area contributed by atoms with Gasteiger partial charge in [-0.25, -0.2) is 0 Å². The maximum atomic E-state index is 9.60. The fourth-order valence-electron chi connectivity index (χ4n) is 1.68. The molecule has 0 unspecified atom stereocenters. The summed E-state index contributed by atoms with van der Waals surface area (Å²) in [6.45, 7) is 2.90. The van der Waals surface area contributed by atoms with Crippen LogP contribution in [0.5, 0.6) is 5.75 Å². The van der Waals surface area contributed by atoms with Crippen molar-refractivity contribution >= 4 is 44.3 Å². The van der Waals surface area contributed by atoms with Crippen molar-refractivity contribution in [3.05, 3.63) is 26.6 Å². The number of benzene rings is 1. The first-order chi connectivity index (χ1) is 7.18. The molecule has 3 nitrogen and oxygen atoms in total. The minimum absolute atomic E-state index is 0. The zero-order chi connectivity index (χ0) is 10.8. The van der Waals surface area contributed by atoms with Crippen LogP contribution in [-0.2, 0) is 0 Å². The lowest BCUT2D eigenvalue weighted by atomic mass is 10.1. The van der Waals surface area contributed by atoms with E-state index in [0.717, 1.165) is 28.6 Å². The van der Waals surface area contributed by atoms with E-state index in [-0.39, 0.29) is 18.2 Å². The Morgan fingerprint density at radius 1 is 1.19 bits per heavy atom. The van der Waals surface area contributed by atoms with Crippen molar-refractivity contribution in [1.82, 2.24) is 10.6 Å². The quantitative estimate of drug-likeness (QED) is 0.710. The Hall–Kier alpha value is 0.190. The number of piperazine rings is 1. The Labute approximate surface area is 118 Å². The van der Waals surface area contributed by atoms with Gasteiger partial charge in [0.25, 0.3) is 0 Å². The summed E-state index contributed by atoms with van der Waals surface area (Å²) in [5.41, 5.74) is 1.17. The molecule has 0 saturated carbocycles. The molecule has 0 spiro atoms. The largest absolute Gasteiger partial charge is 0.506 e. The van der Waals surface area contributed by atoms with Gasteiger partial charge in [-0.15, -0.1) is 12.4 Å². The van der Waals surface area contributed by atoms with E-state index in [1.54, 1.807) is 0 Å². The summed E-state index contributed by atoms with van der Waals surface area (Å²) in [5, 5.41) is 16.4. The molecule has 90 valence electrons. The molecule has 6 heteroatoms. The molecule has 1 atom stereocenters. The van der Waals surface area contributed by atoms with E-state index in [1.807, 2.05) is 12.1 Å². The van der Waals surface area contributed by atoms with Crippen molar-refractivity contribution in [2.45, 2.75) is 6.04 Å². The number of hydrogen-bond donors (Lipinski definition) is 3. The second-order valence-electron chi connectivity index (χ2n) is 3.54. The van der Waals surface area contributed by atoms with Crippen LogP contribution in [-0.4, -0.2) is 24.7 Å². The van der Waals surface area contributed by atoms with Crippen LogP contribution in [0.1, 0.15) is 11.6 Å². The van der Waals surface area contributed by atoms with Crippen LogP contribution < -0.4 is 10.6 Å². The normalized spacial score (nSPS) is 20.2. The molecule has 16 heavy (non-hydrogen) atoms. The Balaban J connectivity index is 0.00000128. The smallest absolute Gasteiger partial charge is 0.143 e. The van der Waals surface area contributed by atoms with Gasteiger partial charge in [-0.3, -0.25) is 0 Å². The molecule has 2 rings (SSSR count). The molecule has 1 aromatic carbocycles. The van der Waals surface area contributed by atoms with Gasteiger partial charge in [0.2, 0.25) is 0 Å². The summed E-state index contributed by atoms with van der Waals surface area (Å²) >= 11 is 6.67. The number of hydrogen-bond acceptors (Lipinski definition) is 3. The Morgan fingerprint density at radius 3 is 2.31 bits per heavy atom. The number of phenols is 1. The molecule has 1 aromatic rings. The van der Waals surface area contributed by atoms with Gasteiger partial charge in [-0.1, -0.05) is 0 Å². The van der Waals surface area contributed by atoms with Crippen molar-refractivity contribution < 1.29 is 5.11 Å². The summed E-state index contributed by atoms with van der Waals surface area (Å²) in [6, 6.07) is 4.21. The third-order valence-corrected chi connectivity index (χ3v) is 3.69. The van der Waals surface area contributed by atoms with Crippen LogP contribution in [0.2, 0.25) is 0 Å². The zero-order valence-corrected chi connectivity index (χ0v) is 12.5. The van der Waals surface area contributed by atoms with Gasteiger partial charge >= 0.3 is 0 Å². The fourth-order valence-corrected chi connectivity index (χ4v) is 2.90. The van der Waals surface area contributed by atoms with Crippen molar-refractivity contribution in [2.75, 3.05) is 19.6 Å².